The molecule has 0 fully saturated rings. The third kappa shape index (κ3) is 13.5. The van der Waals surface area contributed by atoms with Crippen molar-refractivity contribution in [1.82, 2.24) is 20.9 Å². The van der Waals surface area contributed by atoms with E-state index in [4.69, 9.17) is 9.47 Å². The van der Waals surface area contributed by atoms with E-state index >= 15 is 0 Å². The fraction of sp³-hybridized carbons (Fsp3) is 0.543. The molecule has 2 aromatic carbocycles. The fourth-order valence-electron chi connectivity index (χ4n) is 4.81. The number of amides is 4. The van der Waals surface area contributed by atoms with Gasteiger partial charge in [-0.1, -0.05) is 88.4 Å². The summed E-state index contributed by atoms with van der Waals surface area (Å²) in [7, 11) is 1.26. The quantitative estimate of drug-likeness (QED) is 0.211. The van der Waals surface area contributed by atoms with E-state index in [0.29, 0.717) is 6.42 Å². The maximum atomic E-state index is 13.9. The number of esters is 1. The highest BCUT2D eigenvalue weighted by Crippen LogP contribution is 2.15. The molecule has 0 unspecified atom stereocenters. The van der Waals surface area contributed by atoms with Crippen LogP contribution in [0.2, 0.25) is 0 Å². The normalized spacial score (nSPS) is 14.1. The molecule has 0 aromatic heterocycles. The van der Waals surface area contributed by atoms with Crippen LogP contribution in [0, 0.1) is 11.8 Å². The molecule has 0 spiro atoms. The number of nitrogens with one attached hydrogen (secondary N) is 3. The van der Waals surface area contributed by atoms with Crippen LogP contribution in [0.25, 0.3) is 0 Å². The van der Waals surface area contributed by atoms with Gasteiger partial charge in [-0.15, -0.1) is 0 Å². The fourth-order valence-corrected chi connectivity index (χ4v) is 4.81. The molecular weight excluding hydrogens is 588 g/mol. The Morgan fingerprint density at radius 1 is 0.848 bits per heavy atom. The van der Waals surface area contributed by atoms with Gasteiger partial charge in [-0.25, -0.2) is 14.4 Å². The van der Waals surface area contributed by atoms with E-state index < -0.39 is 53.8 Å². The number of hydrogen-bond acceptors (Lipinski definition) is 7. The molecule has 11 nitrogen and oxygen atoms in total. The summed E-state index contributed by atoms with van der Waals surface area (Å²) in [4.78, 5) is 53.9. The molecule has 0 bridgehead atoms. The van der Waals surface area contributed by atoms with Gasteiger partial charge < -0.3 is 35.4 Å². The van der Waals surface area contributed by atoms with E-state index in [1.165, 1.54) is 12.0 Å². The Balaban J connectivity index is 2.36. The lowest BCUT2D eigenvalue weighted by molar-refractivity contribution is -0.146. The van der Waals surface area contributed by atoms with Gasteiger partial charge in [-0.3, -0.25) is 4.79 Å². The smallest absolute Gasteiger partial charge is 0.407 e. The number of aliphatic hydroxyl groups is 1. The molecule has 0 saturated carbocycles. The second-order valence-electron chi connectivity index (χ2n) is 13.3. The summed E-state index contributed by atoms with van der Waals surface area (Å²) in [5.41, 5.74) is 0.931. The summed E-state index contributed by atoms with van der Waals surface area (Å²) < 4.78 is 10.3. The maximum absolute atomic E-state index is 13.9. The van der Waals surface area contributed by atoms with E-state index in [0.717, 1.165) is 11.1 Å². The van der Waals surface area contributed by atoms with Crippen molar-refractivity contribution in [1.29, 1.82) is 0 Å². The first-order valence-corrected chi connectivity index (χ1v) is 15.8. The molecule has 0 heterocycles. The first kappa shape index (κ1) is 38.1. The molecule has 0 aliphatic rings. The lowest BCUT2D eigenvalue weighted by Gasteiger charge is -2.32. The number of benzene rings is 2. The van der Waals surface area contributed by atoms with Crippen LogP contribution in [-0.2, 0) is 32.0 Å². The minimum atomic E-state index is -1.20. The Morgan fingerprint density at radius 3 is 1.91 bits per heavy atom. The van der Waals surface area contributed by atoms with Crippen LogP contribution in [0.15, 0.2) is 60.7 Å². The molecule has 2 aromatic rings. The van der Waals surface area contributed by atoms with Crippen LogP contribution in [0.1, 0.15) is 66.0 Å². The predicted molar refractivity (Wildman–Crippen MR) is 177 cm³/mol. The van der Waals surface area contributed by atoms with E-state index in [1.807, 2.05) is 74.5 Å². The molecule has 0 aliphatic heterocycles. The number of ether oxygens (including phenoxy) is 2. The highest BCUT2D eigenvalue weighted by atomic mass is 16.6. The molecule has 2 rings (SSSR count). The van der Waals surface area contributed by atoms with E-state index in [1.54, 1.807) is 34.6 Å². The van der Waals surface area contributed by atoms with Crippen LogP contribution in [0.5, 0.6) is 0 Å². The predicted octanol–water partition coefficient (Wildman–Crippen LogP) is 4.42. The van der Waals surface area contributed by atoms with Gasteiger partial charge in [0.05, 0.1) is 25.8 Å². The number of nitrogens with zero attached hydrogens (tertiary/aromatic N) is 1. The monoisotopic (exact) mass is 640 g/mol. The van der Waals surface area contributed by atoms with Crippen molar-refractivity contribution in [3.63, 3.8) is 0 Å². The molecule has 254 valence electrons. The second kappa shape index (κ2) is 18.1. The van der Waals surface area contributed by atoms with E-state index in [-0.39, 0.29) is 31.3 Å². The number of urea groups is 1. The van der Waals surface area contributed by atoms with Gasteiger partial charge in [0.15, 0.2) is 0 Å². The zero-order valence-corrected chi connectivity index (χ0v) is 28.4. The average Bonchev–Trinajstić information content (AvgIpc) is 2.98. The summed E-state index contributed by atoms with van der Waals surface area (Å²) in [5, 5.41) is 19.9. The number of carbonyl (C=O) groups is 4. The standard InChI is InChI=1S/C35H52N4O7/c1-23(2)19-28(31(41)38-30(24(3)4)32(42)45-8)36-33(43)39(21-26-17-13-10-14-18-26)22-29(40)27(20-25-15-11-9-12-16-25)37-34(44)46-35(5,6)7/h9-18,23-24,27-30,40H,19-22H2,1-8H3,(H,36,43)(H,37,44)(H,38,41)/t27-,28+,29-,30+/m1/s1. The first-order valence-electron chi connectivity index (χ1n) is 15.8. The first-order chi connectivity index (χ1) is 21.6. The van der Waals surface area contributed by atoms with Gasteiger partial charge in [0, 0.05) is 6.54 Å². The van der Waals surface area contributed by atoms with Crippen LogP contribution >= 0.6 is 0 Å². The van der Waals surface area contributed by atoms with E-state index in [9.17, 15) is 24.3 Å². The molecule has 11 heteroatoms. The van der Waals surface area contributed by atoms with Crippen molar-refractivity contribution in [2.45, 2.75) is 97.7 Å². The van der Waals surface area contributed by atoms with Crippen molar-refractivity contribution in [3.8, 4) is 0 Å². The van der Waals surface area contributed by atoms with Gasteiger partial charge in [0.2, 0.25) is 5.91 Å². The highest BCUT2D eigenvalue weighted by molar-refractivity contribution is 5.90. The molecular formula is C35H52N4O7. The van der Waals surface area contributed by atoms with Crippen molar-refractivity contribution >= 4 is 24.0 Å². The molecule has 4 amide bonds. The highest BCUT2D eigenvalue weighted by Gasteiger charge is 2.32. The number of rotatable bonds is 15. The zero-order valence-electron chi connectivity index (χ0n) is 28.4. The van der Waals surface area contributed by atoms with Crippen molar-refractivity contribution in [2.75, 3.05) is 13.7 Å². The van der Waals surface area contributed by atoms with Crippen LogP contribution in [0.4, 0.5) is 9.59 Å². The van der Waals surface area contributed by atoms with Crippen LogP contribution in [0.3, 0.4) is 0 Å². The molecule has 4 N–H and O–H groups in total. The summed E-state index contributed by atoms with van der Waals surface area (Å²) in [6.45, 7) is 12.6. The zero-order chi connectivity index (χ0) is 34.4. The Hall–Kier alpha value is -4.12. The number of methoxy groups -OCH3 is 1. The summed E-state index contributed by atoms with van der Waals surface area (Å²) in [5.74, 6) is -1.29. The Morgan fingerprint density at radius 2 is 1.41 bits per heavy atom. The molecule has 0 aliphatic carbocycles. The number of aliphatic hydroxyl groups excluding tert-OH is 1. The molecule has 4 atom stereocenters. The number of hydrogen-bond donors (Lipinski definition) is 4. The molecule has 46 heavy (non-hydrogen) atoms. The van der Waals surface area contributed by atoms with E-state index in [2.05, 4.69) is 16.0 Å². The van der Waals surface area contributed by atoms with Crippen molar-refractivity contribution in [3.05, 3.63) is 71.8 Å². The molecule has 0 saturated heterocycles. The topological polar surface area (TPSA) is 146 Å². The Labute approximate surface area is 273 Å². The summed E-state index contributed by atoms with van der Waals surface area (Å²) >= 11 is 0. The number of alkyl carbamates (subject to hydrolysis) is 1. The SMILES string of the molecule is COC(=O)[C@@H](NC(=O)[C@H](CC(C)C)NC(=O)N(Cc1ccccc1)C[C@@H](O)[C@@H](Cc1ccccc1)NC(=O)OC(C)(C)C)C(C)C. The van der Waals surface area contributed by atoms with Gasteiger partial charge in [-0.05, 0) is 56.6 Å². The lowest BCUT2D eigenvalue weighted by Crippen LogP contribution is -2.57. The molecule has 0 radical (unpaired) electrons. The van der Waals surface area contributed by atoms with Crippen molar-refractivity contribution < 1.29 is 33.8 Å². The van der Waals surface area contributed by atoms with Gasteiger partial charge >= 0.3 is 18.1 Å². The second-order valence-corrected chi connectivity index (χ2v) is 13.3. The third-order valence-electron chi connectivity index (χ3n) is 7.12. The van der Waals surface area contributed by atoms with Gasteiger partial charge in [-0.2, -0.15) is 0 Å². The Kier molecular flexibility index (Phi) is 15.0. The van der Waals surface area contributed by atoms with Crippen LogP contribution in [-0.4, -0.2) is 77.5 Å². The summed E-state index contributed by atoms with van der Waals surface area (Å²) in [6.07, 6.45) is -1.30. The lowest BCUT2D eigenvalue weighted by atomic mass is 10.00. The van der Waals surface area contributed by atoms with Gasteiger partial charge in [0.1, 0.15) is 17.7 Å². The third-order valence-corrected chi connectivity index (χ3v) is 7.12. The van der Waals surface area contributed by atoms with Crippen molar-refractivity contribution in [2.24, 2.45) is 11.8 Å². The summed E-state index contributed by atoms with van der Waals surface area (Å²) in [6, 6.07) is 15.4. The van der Waals surface area contributed by atoms with Gasteiger partial charge in [0.25, 0.3) is 0 Å². The maximum Gasteiger partial charge on any atom is 0.407 e. The minimum Gasteiger partial charge on any atom is -0.467 e. The van der Waals surface area contributed by atoms with Crippen LogP contribution < -0.4 is 16.0 Å². The number of carbonyl (C=O) groups excluding carboxylic acids is 4. The largest absolute Gasteiger partial charge is 0.467 e. The minimum absolute atomic E-state index is 0.0353. The Bertz CT molecular complexity index is 1250. The average molecular weight is 641 g/mol.